The van der Waals surface area contributed by atoms with Crippen LogP contribution in [0.5, 0.6) is 0 Å². The summed E-state index contributed by atoms with van der Waals surface area (Å²) in [7, 11) is 0. The van der Waals surface area contributed by atoms with Crippen molar-refractivity contribution in [2.75, 3.05) is 0 Å². The van der Waals surface area contributed by atoms with Crippen LogP contribution in [0.1, 0.15) is 30.2 Å². The molecule has 0 fully saturated rings. The molecule has 1 heterocycles. The summed E-state index contributed by atoms with van der Waals surface area (Å²) >= 11 is 1.52. The summed E-state index contributed by atoms with van der Waals surface area (Å²) < 4.78 is 0. The first-order valence-corrected chi connectivity index (χ1v) is 7.92. The number of nitrogens with one attached hydrogen (secondary N) is 3. The van der Waals surface area contributed by atoms with Crippen LogP contribution in [0.25, 0.3) is 0 Å². The summed E-state index contributed by atoms with van der Waals surface area (Å²) in [5, 5.41) is 17.5. The average Bonchev–Trinajstić information content (AvgIpc) is 2.51. The second kappa shape index (κ2) is 8.10. The monoisotopic (exact) mass is 315 g/mol. The van der Waals surface area contributed by atoms with E-state index in [1.54, 1.807) is 12.1 Å². The van der Waals surface area contributed by atoms with Crippen molar-refractivity contribution in [2.24, 2.45) is 0 Å². The number of hydrogen-bond acceptors (Lipinski definition) is 4. The van der Waals surface area contributed by atoms with Gasteiger partial charge in [0.15, 0.2) is 5.16 Å². The highest BCUT2D eigenvalue weighted by Crippen LogP contribution is 2.18. The summed E-state index contributed by atoms with van der Waals surface area (Å²) in [5.41, 5.74) is 2.26. The second-order valence-corrected chi connectivity index (χ2v) is 5.60. The molecule has 1 aromatic heterocycles. The van der Waals surface area contributed by atoms with Gasteiger partial charge < -0.3 is 0 Å². The number of H-pyrrole nitrogens is 3. The van der Waals surface area contributed by atoms with Crippen LogP contribution < -0.4 is 5.56 Å². The summed E-state index contributed by atoms with van der Waals surface area (Å²) in [5.74, 6) is 0.715. The summed E-state index contributed by atoms with van der Waals surface area (Å²) in [6.07, 6.45) is 1.67. The van der Waals surface area contributed by atoms with Crippen LogP contribution in [0.3, 0.4) is 0 Å². The average molecular weight is 315 g/mol. The predicted molar refractivity (Wildman–Crippen MR) is 85.9 cm³/mol. The van der Waals surface area contributed by atoms with Gasteiger partial charge in [-0.05, 0) is 24.1 Å². The summed E-state index contributed by atoms with van der Waals surface area (Å²) in [6.45, 7) is 2.04. The third kappa shape index (κ3) is 4.82. The topological polar surface area (TPSA) is 101 Å². The van der Waals surface area contributed by atoms with Crippen LogP contribution in [0.15, 0.2) is 40.3 Å². The highest BCUT2D eigenvalue weighted by atomic mass is 32.2. The molecule has 0 saturated carbocycles. The molecule has 0 spiro atoms. The zero-order chi connectivity index (χ0) is 15.8. The van der Waals surface area contributed by atoms with Crippen LogP contribution in [0, 0.1) is 11.3 Å². The smallest absolute Gasteiger partial charge is 0.265 e. The minimum absolute atomic E-state index is 0.226. The Morgan fingerprint density at radius 2 is 2.05 bits per heavy atom. The van der Waals surface area contributed by atoms with Crippen molar-refractivity contribution >= 4 is 11.8 Å². The highest BCUT2D eigenvalue weighted by Gasteiger charge is 2.00. The first-order valence-electron chi connectivity index (χ1n) is 6.93. The lowest BCUT2D eigenvalue weighted by molar-refractivity contribution is 0.744. The van der Waals surface area contributed by atoms with Crippen LogP contribution in [0.2, 0.25) is 0 Å². The van der Waals surface area contributed by atoms with E-state index in [4.69, 9.17) is 5.26 Å². The van der Waals surface area contributed by atoms with Gasteiger partial charge in [-0.15, -0.1) is 0 Å². The van der Waals surface area contributed by atoms with Crippen molar-refractivity contribution in [1.82, 2.24) is 20.4 Å². The molecule has 0 saturated heterocycles. The van der Waals surface area contributed by atoms with Crippen molar-refractivity contribution in [3.05, 3.63) is 57.5 Å². The van der Waals surface area contributed by atoms with E-state index in [1.807, 2.05) is 19.1 Å². The molecule has 0 aliphatic heterocycles. The number of benzene rings is 1. The number of aromatic nitrogens is 4. The molecule has 0 unspecified atom stereocenters. The van der Waals surface area contributed by atoms with Gasteiger partial charge in [-0.2, -0.15) is 5.26 Å². The van der Waals surface area contributed by atoms with E-state index in [2.05, 4.69) is 26.5 Å². The zero-order valence-electron chi connectivity index (χ0n) is 12.2. The Morgan fingerprint density at radius 3 is 2.73 bits per heavy atom. The molecule has 2 rings (SSSR count). The molecule has 7 heteroatoms. The van der Waals surface area contributed by atoms with Gasteiger partial charge in [-0.3, -0.25) is 15.0 Å². The first-order chi connectivity index (χ1) is 10.7. The van der Waals surface area contributed by atoms with E-state index in [-0.39, 0.29) is 5.56 Å². The third-order valence-electron chi connectivity index (χ3n) is 2.86. The quantitative estimate of drug-likeness (QED) is 0.738. The molecule has 0 amide bonds. The molecule has 0 aliphatic rings. The Bertz CT molecular complexity index is 749. The number of nitrogens with zero attached hydrogens (tertiary/aromatic N) is 2. The third-order valence-corrected chi connectivity index (χ3v) is 3.81. The molecule has 0 radical (unpaired) electrons. The lowest BCUT2D eigenvalue weighted by Crippen LogP contribution is -2.08. The van der Waals surface area contributed by atoms with E-state index >= 15 is 0 Å². The maximum absolute atomic E-state index is 11.5. The Balaban J connectivity index is 2.16. The van der Waals surface area contributed by atoms with Gasteiger partial charge in [0.2, 0.25) is 0 Å². The SMILES string of the molecule is CCCc1cc(=O)[nH][nH][nH]c(SCc2ccc(C#N)cc2)n1. The molecule has 3 N–H and O–H groups in total. The molecule has 1 aromatic carbocycles. The minimum Gasteiger partial charge on any atom is -0.268 e. The number of aryl methyl sites for hydroxylation is 1. The Labute approximate surface area is 132 Å². The molecule has 22 heavy (non-hydrogen) atoms. The Hall–Kier alpha value is -2.46. The minimum atomic E-state index is -0.226. The fraction of sp³-hybridized carbons (Fsp3) is 0.267. The Kier molecular flexibility index (Phi) is 5.86. The van der Waals surface area contributed by atoms with Gasteiger partial charge in [0.1, 0.15) is 0 Å². The predicted octanol–water partition coefficient (Wildman–Crippen LogP) is 2.67. The van der Waals surface area contributed by atoms with Gasteiger partial charge in [0.05, 0.1) is 11.6 Å². The van der Waals surface area contributed by atoms with Crippen molar-refractivity contribution in [3.63, 3.8) is 0 Å². The van der Waals surface area contributed by atoms with Crippen LogP contribution in [-0.2, 0) is 12.2 Å². The highest BCUT2D eigenvalue weighted by molar-refractivity contribution is 7.98. The lowest BCUT2D eigenvalue weighted by Gasteiger charge is -2.02. The van der Waals surface area contributed by atoms with E-state index in [0.717, 1.165) is 24.1 Å². The zero-order valence-corrected chi connectivity index (χ0v) is 13.0. The fourth-order valence-corrected chi connectivity index (χ4v) is 2.60. The molecule has 0 bridgehead atoms. The maximum atomic E-state index is 11.5. The van der Waals surface area contributed by atoms with Gasteiger partial charge >= 0.3 is 0 Å². The maximum Gasteiger partial charge on any atom is 0.265 e. The van der Waals surface area contributed by atoms with Gasteiger partial charge in [-0.25, -0.2) is 10.2 Å². The van der Waals surface area contributed by atoms with Crippen LogP contribution in [0.4, 0.5) is 0 Å². The molecule has 0 aliphatic carbocycles. The Morgan fingerprint density at radius 1 is 1.27 bits per heavy atom. The molecule has 114 valence electrons. The van der Waals surface area contributed by atoms with Crippen LogP contribution in [-0.4, -0.2) is 20.4 Å². The van der Waals surface area contributed by atoms with Crippen LogP contribution >= 0.6 is 11.8 Å². The fourth-order valence-electron chi connectivity index (χ4n) is 1.80. The van der Waals surface area contributed by atoms with Crippen molar-refractivity contribution < 1.29 is 0 Å². The lowest BCUT2D eigenvalue weighted by atomic mass is 10.2. The molecular formula is C15H17N5OS. The van der Waals surface area contributed by atoms with E-state index in [1.165, 1.54) is 17.8 Å². The van der Waals surface area contributed by atoms with E-state index in [0.29, 0.717) is 16.5 Å². The van der Waals surface area contributed by atoms with E-state index in [9.17, 15) is 4.79 Å². The van der Waals surface area contributed by atoms with E-state index < -0.39 is 0 Å². The molecule has 0 atom stereocenters. The van der Waals surface area contributed by atoms with Gasteiger partial charge in [0.25, 0.3) is 5.56 Å². The normalized spacial score (nSPS) is 10.0. The first kappa shape index (κ1) is 15.9. The van der Waals surface area contributed by atoms with Crippen molar-refractivity contribution in [2.45, 2.75) is 30.7 Å². The van der Waals surface area contributed by atoms with Gasteiger partial charge in [-0.1, -0.05) is 37.2 Å². The van der Waals surface area contributed by atoms with Gasteiger partial charge in [0, 0.05) is 17.5 Å². The van der Waals surface area contributed by atoms with Crippen molar-refractivity contribution in [1.29, 1.82) is 5.26 Å². The number of rotatable bonds is 5. The largest absolute Gasteiger partial charge is 0.268 e. The molecule has 6 nitrogen and oxygen atoms in total. The molecule has 2 aromatic rings. The van der Waals surface area contributed by atoms with Crippen molar-refractivity contribution in [3.8, 4) is 6.07 Å². The number of hydrogen-bond donors (Lipinski definition) is 3. The number of aromatic amines is 3. The second-order valence-electron chi connectivity index (χ2n) is 4.64. The molecular weight excluding hydrogens is 298 g/mol. The number of nitriles is 1. The number of thioether (sulfide) groups is 1. The summed E-state index contributed by atoms with van der Waals surface area (Å²) in [6, 6.07) is 11.0. The summed E-state index contributed by atoms with van der Waals surface area (Å²) in [4.78, 5) is 16.0. The standard InChI is InChI=1S/C15H17N5OS/c1-2-3-13-8-14(21)18-20-19-15(17-13)22-10-12-6-4-11(9-16)5-7-12/h4-8,20H,2-3,10H2,1H3,(H,17,19)(H,18,21).